The van der Waals surface area contributed by atoms with Crippen molar-refractivity contribution in [2.45, 2.75) is 6.92 Å². The first-order chi connectivity index (χ1) is 13.1. The van der Waals surface area contributed by atoms with Crippen molar-refractivity contribution in [1.82, 2.24) is 19.9 Å². The molecule has 3 aromatic rings. The monoisotopic (exact) mass is 385 g/mol. The van der Waals surface area contributed by atoms with E-state index in [9.17, 15) is 9.59 Å². The molecule has 0 radical (unpaired) electrons. The predicted octanol–water partition coefficient (Wildman–Crippen LogP) is 1.99. The number of fused-ring (bicyclic) bond motifs is 1. The fourth-order valence-electron chi connectivity index (χ4n) is 3.09. The Kier molecular flexibility index (Phi) is 4.87. The van der Waals surface area contributed by atoms with Gasteiger partial charge in [-0.1, -0.05) is 5.16 Å². The molecule has 1 saturated heterocycles. The van der Waals surface area contributed by atoms with Crippen LogP contribution in [0.15, 0.2) is 34.3 Å². The number of nitrogens with one attached hydrogen (secondary N) is 1. The second-order valence-corrected chi connectivity index (χ2v) is 7.36. The van der Waals surface area contributed by atoms with Crippen molar-refractivity contribution >= 4 is 39.2 Å². The third-order valence-corrected chi connectivity index (χ3v) is 5.29. The Morgan fingerprint density at radius 2 is 2.04 bits per heavy atom. The average molecular weight is 385 g/mol. The van der Waals surface area contributed by atoms with E-state index in [2.05, 4.69) is 15.5 Å². The lowest BCUT2D eigenvalue weighted by atomic mass is 10.1. The number of aromatic nitrogens is 2. The molecule has 0 atom stereocenters. The smallest absolute Gasteiger partial charge is 0.253 e. The van der Waals surface area contributed by atoms with Gasteiger partial charge < -0.3 is 14.7 Å². The quantitative estimate of drug-likeness (QED) is 0.738. The first-order valence-corrected chi connectivity index (χ1v) is 9.54. The molecular weight excluding hydrogens is 366 g/mol. The number of hydrogen-bond acceptors (Lipinski definition) is 7. The van der Waals surface area contributed by atoms with E-state index in [-0.39, 0.29) is 18.4 Å². The van der Waals surface area contributed by atoms with Gasteiger partial charge in [-0.15, -0.1) is 11.3 Å². The molecule has 8 nitrogen and oxygen atoms in total. The number of aryl methyl sites for hydroxylation is 1. The van der Waals surface area contributed by atoms with Crippen LogP contribution in [0.5, 0.6) is 0 Å². The summed E-state index contributed by atoms with van der Waals surface area (Å²) in [5.41, 5.74) is 3.37. The Bertz CT molecular complexity index is 974. The van der Waals surface area contributed by atoms with Crippen molar-refractivity contribution in [1.29, 1.82) is 0 Å². The van der Waals surface area contributed by atoms with Crippen LogP contribution in [0.2, 0.25) is 0 Å². The normalized spacial score (nSPS) is 15.2. The average Bonchev–Trinajstić information content (AvgIpc) is 3.29. The number of benzene rings is 1. The number of amides is 2. The third kappa shape index (κ3) is 3.99. The summed E-state index contributed by atoms with van der Waals surface area (Å²) in [7, 11) is 0. The molecule has 0 spiro atoms. The second kappa shape index (κ2) is 7.45. The first kappa shape index (κ1) is 17.6. The maximum absolute atomic E-state index is 12.7. The van der Waals surface area contributed by atoms with Crippen LogP contribution in [0.3, 0.4) is 0 Å². The van der Waals surface area contributed by atoms with Crippen molar-refractivity contribution in [2.24, 2.45) is 0 Å². The zero-order valence-electron chi connectivity index (χ0n) is 14.8. The zero-order valence-corrected chi connectivity index (χ0v) is 15.7. The molecule has 2 amide bonds. The molecule has 1 aliphatic heterocycles. The lowest BCUT2D eigenvalue weighted by Gasteiger charge is -2.34. The summed E-state index contributed by atoms with van der Waals surface area (Å²) in [5.74, 6) is 0.949. The zero-order chi connectivity index (χ0) is 18.8. The van der Waals surface area contributed by atoms with E-state index in [1.54, 1.807) is 18.5 Å². The molecule has 27 heavy (non-hydrogen) atoms. The summed E-state index contributed by atoms with van der Waals surface area (Å²) >= 11 is 1.53. The van der Waals surface area contributed by atoms with E-state index in [0.29, 0.717) is 43.3 Å². The highest BCUT2D eigenvalue weighted by Crippen LogP contribution is 2.20. The minimum Gasteiger partial charge on any atom is -0.360 e. The molecule has 1 fully saturated rings. The Morgan fingerprint density at radius 1 is 1.22 bits per heavy atom. The Balaban J connectivity index is 1.30. The fraction of sp³-hybridized carbons (Fsp3) is 0.333. The number of rotatable bonds is 4. The molecule has 4 rings (SSSR count). The summed E-state index contributed by atoms with van der Waals surface area (Å²) in [4.78, 5) is 32.9. The SMILES string of the molecule is Cc1cc(NC(=O)CN2CCN(C(=O)c3ccc4ncsc4c3)CC2)no1. The van der Waals surface area contributed by atoms with Gasteiger partial charge in [-0.25, -0.2) is 4.98 Å². The van der Waals surface area contributed by atoms with E-state index in [1.807, 2.05) is 28.0 Å². The van der Waals surface area contributed by atoms with Gasteiger partial charge in [0.15, 0.2) is 5.82 Å². The van der Waals surface area contributed by atoms with E-state index in [1.165, 1.54) is 11.3 Å². The molecule has 9 heteroatoms. The van der Waals surface area contributed by atoms with Gasteiger partial charge in [0.2, 0.25) is 5.91 Å². The molecule has 3 heterocycles. The number of hydrogen-bond donors (Lipinski definition) is 1. The largest absolute Gasteiger partial charge is 0.360 e. The van der Waals surface area contributed by atoms with Crippen LogP contribution in [0, 0.1) is 6.92 Å². The van der Waals surface area contributed by atoms with Gasteiger partial charge in [0.25, 0.3) is 5.91 Å². The second-order valence-electron chi connectivity index (χ2n) is 6.47. The Morgan fingerprint density at radius 3 is 2.78 bits per heavy atom. The molecule has 140 valence electrons. The number of piperazine rings is 1. The highest BCUT2D eigenvalue weighted by Gasteiger charge is 2.23. The van der Waals surface area contributed by atoms with Gasteiger partial charge in [-0.2, -0.15) is 0 Å². The summed E-state index contributed by atoms with van der Waals surface area (Å²) < 4.78 is 5.95. The van der Waals surface area contributed by atoms with Crippen molar-refractivity contribution in [2.75, 3.05) is 38.0 Å². The standard InChI is InChI=1S/C18H19N5O3S/c1-12-8-16(21-26-12)20-17(24)10-22-4-6-23(7-5-22)18(25)13-2-3-14-15(9-13)27-11-19-14/h2-3,8-9,11H,4-7,10H2,1H3,(H,20,21,24). The number of thiazole rings is 1. The molecule has 0 aliphatic carbocycles. The third-order valence-electron chi connectivity index (χ3n) is 4.50. The summed E-state index contributed by atoms with van der Waals surface area (Å²) in [6.45, 7) is 4.53. The number of nitrogens with zero attached hydrogens (tertiary/aromatic N) is 4. The van der Waals surface area contributed by atoms with Crippen molar-refractivity contribution in [3.63, 3.8) is 0 Å². The van der Waals surface area contributed by atoms with E-state index in [0.717, 1.165) is 10.2 Å². The van der Waals surface area contributed by atoms with Crippen molar-refractivity contribution < 1.29 is 14.1 Å². The number of carbonyl (C=O) groups excluding carboxylic acids is 2. The molecule has 1 aliphatic rings. The molecule has 1 N–H and O–H groups in total. The summed E-state index contributed by atoms with van der Waals surface area (Å²) in [6, 6.07) is 7.28. The van der Waals surface area contributed by atoms with E-state index >= 15 is 0 Å². The minimum absolute atomic E-state index is 0.0208. The van der Waals surface area contributed by atoms with E-state index < -0.39 is 0 Å². The minimum atomic E-state index is -0.140. The lowest BCUT2D eigenvalue weighted by Crippen LogP contribution is -2.50. The van der Waals surface area contributed by atoms with Gasteiger partial charge in [0.1, 0.15) is 5.76 Å². The fourth-order valence-corrected chi connectivity index (χ4v) is 3.81. The van der Waals surface area contributed by atoms with Crippen LogP contribution < -0.4 is 5.32 Å². The van der Waals surface area contributed by atoms with Crippen LogP contribution in [-0.4, -0.2) is 64.5 Å². The van der Waals surface area contributed by atoms with Crippen LogP contribution in [0.1, 0.15) is 16.1 Å². The van der Waals surface area contributed by atoms with Crippen LogP contribution >= 0.6 is 11.3 Å². The summed E-state index contributed by atoms with van der Waals surface area (Å²) in [5, 5.41) is 6.47. The van der Waals surface area contributed by atoms with E-state index in [4.69, 9.17) is 4.52 Å². The Hall–Kier alpha value is -2.78. The highest BCUT2D eigenvalue weighted by atomic mass is 32.1. The molecule has 2 aromatic heterocycles. The van der Waals surface area contributed by atoms with Gasteiger partial charge >= 0.3 is 0 Å². The van der Waals surface area contributed by atoms with Gasteiger partial charge in [-0.05, 0) is 25.1 Å². The van der Waals surface area contributed by atoms with Crippen LogP contribution in [-0.2, 0) is 4.79 Å². The lowest BCUT2D eigenvalue weighted by molar-refractivity contribution is -0.117. The topological polar surface area (TPSA) is 91.6 Å². The number of anilines is 1. The maximum Gasteiger partial charge on any atom is 0.253 e. The van der Waals surface area contributed by atoms with Gasteiger partial charge in [-0.3, -0.25) is 14.5 Å². The first-order valence-electron chi connectivity index (χ1n) is 8.66. The Labute approximate surface area is 159 Å². The van der Waals surface area contributed by atoms with Crippen molar-refractivity contribution in [3.8, 4) is 0 Å². The molecular formula is C18H19N5O3S. The predicted molar refractivity (Wildman–Crippen MR) is 102 cm³/mol. The molecule has 1 aromatic carbocycles. The van der Waals surface area contributed by atoms with Crippen LogP contribution in [0.25, 0.3) is 10.2 Å². The van der Waals surface area contributed by atoms with Gasteiger partial charge in [0, 0.05) is 37.8 Å². The molecule has 0 saturated carbocycles. The van der Waals surface area contributed by atoms with Crippen LogP contribution in [0.4, 0.5) is 5.82 Å². The van der Waals surface area contributed by atoms with Gasteiger partial charge in [0.05, 0.1) is 22.3 Å². The molecule has 0 bridgehead atoms. The summed E-state index contributed by atoms with van der Waals surface area (Å²) in [6.07, 6.45) is 0. The maximum atomic E-state index is 12.7. The number of carbonyl (C=O) groups is 2. The highest BCUT2D eigenvalue weighted by molar-refractivity contribution is 7.16. The van der Waals surface area contributed by atoms with Crippen molar-refractivity contribution in [3.05, 3.63) is 41.1 Å². The molecule has 0 unspecified atom stereocenters.